The van der Waals surface area contributed by atoms with Gasteiger partial charge in [-0.3, -0.25) is 9.88 Å². The molecule has 0 spiro atoms. The Kier molecular flexibility index (Phi) is 6.51. The molecule has 0 aliphatic carbocycles. The zero-order valence-electron chi connectivity index (χ0n) is 16.2. The van der Waals surface area contributed by atoms with Crippen molar-refractivity contribution in [3.8, 4) is 6.07 Å². The lowest BCUT2D eigenvalue weighted by Crippen LogP contribution is -2.36. The van der Waals surface area contributed by atoms with Gasteiger partial charge in [-0.05, 0) is 29.8 Å². The van der Waals surface area contributed by atoms with Crippen LogP contribution in [0.1, 0.15) is 11.1 Å². The summed E-state index contributed by atoms with van der Waals surface area (Å²) in [6.07, 6.45) is 5.83. The number of fused-ring (bicyclic) bond motifs is 1. The lowest BCUT2D eigenvalue weighted by atomic mass is 10.1. The Morgan fingerprint density at radius 1 is 1.17 bits per heavy atom. The van der Waals surface area contributed by atoms with Gasteiger partial charge in [0.05, 0.1) is 40.7 Å². The van der Waals surface area contributed by atoms with E-state index in [0.717, 1.165) is 49.3 Å². The molecule has 0 amide bonds. The number of rotatable bonds is 5. The molecule has 1 fully saturated rings. The average molecular weight is 439 g/mol. The van der Waals surface area contributed by atoms with Gasteiger partial charge in [-0.25, -0.2) is 0 Å². The number of aromatic nitrogens is 1. The number of nitriles is 1. The van der Waals surface area contributed by atoms with Crippen molar-refractivity contribution in [2.24, 2.45) is 0 Å². The van der Waals surface area contributed by atoms with Crippen LogP contribution in [0.2, 0.25) is 10.0 Å². The quantitative estimate of drug-likeness (QED) is 0.569. The fourth-order valence-electron chi connectivity index (χ4n) is 3.38. The molecule has 3 aromatic rings. The third kappa shape index (κ3) is 4.75. The number of morpholine rings is 1. The average Bonchev–Trinajstić information content (AvgIpc) is 2.76. The molecule has 5 nitrogen and oxygen atoms in total. The van der Waals surface area contributed by atoms with Crippen molar-refractivity contribution < 1.29 is 4.74 Å². The Balaban J connectivity index is 1.61. The fraction of sp³-hybridized carbons (Fsp3) is 0.217. The van der Waals surface area contributed by atoms with E-state index in [-0.39, 0.29) is 0 Å². The van der Waals surface area contributed by atoms with E-state index in [1.54, 1.807) is 24.4 Å². The molecule has 0 unspecified atom stereocenters. The van der Waals surface area contributed by atoms with Gasteiger partial charge in [-0.1, -0.05) is 47.5 Å². The Hall–Kier alpha value is -2.62. The summed E-state index contributed by atoms with van der Waals surface area (Å²) in [5.74, 6) is 0. The molecule has 0 saturated carbocycles. The van der Waals surface area contributed by atoms with E-state index >= 15 is 0 Å². The molecule has 1 saturated heterocycles. The van der Waals surface area contributed by atoms with Crippen LogP contribution in [0, 0.1) is 11.3 Å². The van der Waals surface area contributed by atoms with Crippen molar-refractivity contribution in [1.29, 1.82) is 5.26 Å². The highest BCUT2D eigenvalue weighted by atomic mass is 35.5. The highest BCUT2D eigenvalue weighted by Crippen LogP contribution is 2.33. The lowest BCUT2D eigenvalue weighted by molar-refractivity contribution is 0.0435. The maximum Gasteiger partial charge on any atom is 0.103 e. The van der Waals surface area contributed by atoms with Crippen molar-refractivity contribution in [1.82, 2.24) is 9.88 Å². The zero-order chi connectivity index (χ0) is 20.9. The topological polar surface area (TPSA) is 61.2 Å². The van der Waals surface area contributed by atoms with Gasteiger partial charge in [0, 0.05) is 36.2 Å². The molecule has 1 aliphatic rings. The molecular formula is C23H20Cl2N4O. The molecule has 152 valence electrons. The molecule has 1 aliphatic heterocycles. The lowest BCUT2D eigenvalue weighted by Gasteiger charge is -2.25. The molecule has 0 atom stereocenters. The van der Waals surface area contributed by atoms with Crippen molar-refractivity contribution >= 4 is 51.6 Å². The second-order valence-corrected chi connectivity index (χ2v) is 7.84. The van der Waals surface area contributed by atoms with Crippen LogP contribution < -0.4 is 5.32 Å². The van der Waals surface area contributed by atoms with E-state index in [1.165, 1.54) is 0 Å². The summed E-state index contributed by atoms with van der Waals surface area (Å²) >= 11 is 12.3. The molecular weight excluding hydrogens is 419 g/mol. The third-order valence-electron chi connectivity index (χ3n) is 4.98. The van der Waals surface area contributed by atoms with Crippen molar-refractivity contribution in [2.45, 2.75) is 0 Å². The standard InChI is InChI=1S/C23H20Cl2N4O/c24-18-4-6-21(20(25)13-18)28-23-17(14-26)15-27-22-12-16(3-5-19(22)23)2-1-7-29-8-10-30-11-9-29/h1-6,12-13,15H,7-11H2,(H,27,28)/b2-1+. The van der Waals surface area contributed by atoms with E-state index in [2.05, 4.69) is 33.4 Å². The SMILES string of the molecule is N#Cc1cnc2cc(/C=C/CN3CCOCC3)ccc2c1Nc1ccc(Cl)cc1Cl. The number of halogens is 2. The molecule has 1 N–H and O–H groups in total. The van der Waals surface area contributed by atoms with E-state index in [0.29, 0.717) is 27.0 Å². The molecule has 2 heterocycles. The van der Waals surface area contributed by atoms with E-state index < -0.39 is 0 Å². The van der Waals surface area contributed by atoms with Crippen LogP contribution >= 0.6 is 23.2 Å². The van der Waals surface area contributed by atoms with Crippen molar-refractivity contribution in [3.63, 3.8) is 0 Å². The summed E-state index contributed by atoms with van der Waals surface area (Å²) in [6.45, 7) is 4.40. The molecule has 4 rings (SSSR count). The van der Waals surface area contributed by atoms with Gasteiger partial charge in [0.15, 0.2) is 0 Å². The Morgan fingerprint density at radius 2 is 2.00 bits per heavy atom. The van der Waals surface area contributed by atoms with Crippen LogP contribution in [0.15, 0.2) is 48.7 Å². The summed E-state index contributed by atoms with van der Waals surface area (Å²) < 4.78 is 5.38. The predicted molar refractivity (Wildman–Crippen MR) is 122 cm³/mol. The van der Waals surface area contributed by atoms with Crippen LogP contribution in [0.25, 0.3) is 17.0 Å². The van der Waals surface area contributed by atoms with Crippen LogP contribution in [-0.4, -0.2) is 42.7 Å². The third-order valence-corrected chi connectivity index (χ3v) is 5.53. The second-order valence-electron chi connectivity index (χ2n) is 7.00. The first-order valence-electron chi connectivity index (χ1n) is 9.65. The minimum Gasteiger partial charge on any atom is -0.379 e. The fourth-order valence-corrected chi connectivity index (χ4v) is 3.84. The van der Waals surface area contributed by atoms with Gasteiger partial charge in [-0.2, -0.15) is 5.26 Å². The second kappa shape index (κ2) is 9.46. The van der Waals surface area contributed by atoms with Crippen molar-refractivity contribution in [2.75, 3.05) is 38.2 Å². The molecule has 7 heteroatoms. The minimum atomic E-state index is 0.448. The normalized spacial score (nSPS) is 14.8. The molecule has 30 heavy (non-hydrogen) atoms. The van der Waals surface area contributed by atoms with E-state index in [4.69, 9.17) is 27.9 Å². The Bertz CT molecular complexity index is 1130. The number of nitrogens with one attached hydrogen (secondary N) is 1. The molecule has 0 radical (unpaired) electrons. The molecule has 1 aromatic heterocycles. The van der Waals surface area contributed by atoms with Crippen LogP contribution in [0.5, 0.6) is 0 Å². The molecule has 0 bridgehead atoms. The first-order chi connectivity index (χ1) is 14.6. The smallest absolute Gasteiger partial charge is 0.103 e. The van der Waals surface area contributed by atoms with Crippen molar-refractivity contribution in [3.05, 3.63) is 69.8 Å². The number of pyridine rings is 1. The number of nitrogens with zero attached hydrogens (tertiary/aromatic N) is 3. The van der Waals surface area contributed by atoms with Crippen LogP contribution in [0.4, 0.5) is 11.4 Å². The summed E-state index contributed by atoms with van der Waals surface area (Å²) in [6, 6.07) is 13.4. The van der Waals surface area contributed by atoms with E-state index in [1.807, 2.05) is 18.2 Å². The van der Waals surface area contributed by atoms with Crippen LogP contribution in [-0.2, 0) is 4.74 Å². The highest BCUT2D eigenvalue weighted by molar-refractivity contribution is 6.36. The first kappa shape index (κ1) is 20.6. The van der Waals surface area contributed by atoms with Gasteiger partial charge in [0.1, 0.15) is 6.07 Å². The first-order valence-corrected chi connectivity index (χ1v) is 10.4. The number of hydrogen-bond donors (Lipinski definition) is 1. The monoisotopic (exact) mass is 438 g/mol. The van der Waals surface area contributed by atoms with Crippen LogP contribution in [0.3, 0.4) is 0 Å². The minimum absolute atomic E-state index is 0.448. The van der Waals surface area contributed by atoms with E-state index in [9.17, 15) is 5.26 Å². The van der Waals surface area contributed by atoms with Gasteiger partial charge in [0.25, 0.3) is 0 Å². The Morgan fingerprint density at radius 3 is 2.77 bits per heavy atom. The maximum atomic E-state index is 9.56. The number of anilines is 2. The van der Waals surface area contributed by atoms with Gasteiger partial charge >= 0.3 is 0 Å². The summed E-state index contributed by atoms with van der Waals surface area (Å²) in [5, 5.41) is 14.7. The van der Waals surface area contributed by atoms with Gasteiger partial charge in [0.2, 0.25) is 0 Å². The summed E-state index contributed by atoms with van der Waals surface area (Å²) in [4.78, 5) is 6.83. The molecule has 2 aromatic carbocycles. The number of ether oxygens (including phenoxy) is 1. The number of hydrogen-bond acceptors (Lipinski definition) is 5. The maximum absolute atomic E-state index is 9.56. The summed E-state index contributed by atoms with van der Waals surface area (Å²) in [7, 11) is 0. The summed E-state index contributed by atoms with van der Waals surface area (Å²) in [5.41, 5.74) is 3.66. The largest absolute Gasteiger partial charge is 0.379 e. The van der Waals surface area contributed by atoms with Gasteiger partial charge < -0.3 is 10.1 Å². The Labute approximate surface area is 185 Å². The highest BCUT2D eigenvalue weighted by Gasteiger charge is 2.12. The number of benzene rings is 2. The predicted octanol–water partition coefficient (Wildman–Crippen LogP) is 5.50. The van der Waals surface area contributed by atoms with Gasteiger partial charge in [-0.15, -0.1) is 0 Å². The zero-order valence-corrected chi connectivity index (χ0v) is 17.7.